The first-order valence-corrected chi connectivity index (χ1v) is 6.67. The van der Waals surface area contributed by atoms with Gasteiger partial charge in [0.1, 0.15) is 0 Å². The molecule has 0 spiro atoms. The number of Topliss-reactive ketones (excluding diaryl/α,β-unsaturated/α-hetero) is 1. The molecule has 0 saturated heterocycles. The van der Waals surface area contributed by atoms with Crippen LogP contribution in [0, 0.1) is 5.92 Å². The molecule has 2 rings (SSSR count). The lowest BCUT2D eigenvalue weighted by atomic mass is 9.75. The quantitative estimate of drug-likeness (QED) is 0.729. The molecule has 0 aliphatic heterocycles. The van der Waals surface area contributed by atoms with E-state index in [1.54, 1.807) is 0 Å². The smallest absolute Gasteiger partial charge is 0.163 e. The second kappa shape index (κ2) is 4.64. The van der Waals surface area contributed by atoms with Crippen LogP contribution in [0.15, 0.2) is 18.2 Å². The second-order valence-corrected chi connectivity index (χ2v) is 5.81. The molecule has 0 fully saturated rings. The first-order valence-electron chi connectivity index (χ1n) is 6.67. The van der Waals surface area contributed by atoms with E-state index in [1.165, 1.54) is 11.1 Å². The van der Waals surface area contributed by atoms with Crippen LogP contribution >= 0.6 is 0 Å². The lowest BCUT2D eigenvalue weighted by Gasteiger charge is -2.28. The van der Waals surface area contributed by atoms with E-state index in [0.717, 1.165) is 18.4 Å². The normalized spacial score (nSPS) is 19.9. The van der Waals surface area contributed by atoms with E-state index in [9.17, 15) is 4.79 Å². The molecule has 1 aromatic carbocycles. The molecule has 0 radical (unpaired) electrons. The van der Waals surface area contributed by atoms with E-state index in [-0.39, 0.29) is 0 Å². The molecule has 92 valence electrons. The highest BCUT2D eigenvalue weighted by atomic mass is 16.1. The molecule has 1 aliphatic carbocycles. The van der Waals surface area contributed by atoms with Gasteiger partial charge in [-0.25, -0.2) is 0 Å². The van der Waals surface area contributed by atoms with Gasteiger partial charge in [-0.15, -0.1) is 0 Å². The van der Waals surface area contributed by atoms with Gasteiger partial charge in [-0.05, 0) is 35.3 Å². The van der Waals surface area contributed by atoms with Crippen molar-refractivity contribution in [3.05, 3.63) is 34.9 Å². The fraction of sp³-hybridized carbons (Fsp3) is 0.562. The zero-order valence-corrected chi connectivity index (χ0v) is 11.3. The zero-order valence-electron chi connectivity index (χ0n) is 11.3. The number of carbonyl (C=O) groups is 1. The molecule has 0 saturated carbocycles. The molecule has 17 heavy (non-hydrogen) atoms. The molecule has 1 unspecified atom stereocenters. The molecule has 0 bridgehead atoms. The number of ketones is 1. The molecule has 1 nitrogen and oxygen atoms in total. The van der Waals surface area contributed by atoms with Gasteiger partial charge < -0.3 is 0 Å². The summed E-state index contributed by atoms with van der Waals surface area (Å²) in [4.78, 5) is 11.9. The second-order valence-electron chi connectivity index (χ2n) is 5.81. The van der Waals surface area contributed by atoms with Crippen molar-refractivity contribution in [3.8, 4) is 0 Å². The lowest BCUT2D eigenvalue weighted by molar-refractivity contribution is 0.0963. The molecule has 0 amide bonds. The number of hydrogen-bond donors (Lipinski definition) is 0. The predicted molar refractivity (Wildman–Crippen MR) is 71.7 cm³/mol. The molecule has 1 heteroatoms. The largest absolute Gasteiger partial charge is 0.294 e. The van der Waals surface area contributed by atoms with Gasteiger partial charge in [-0.3, -0.25) is 4.79 Å². The summed E-state index contributed by atoms with van der Waals surface area (Å²) in [5.74, 6) is 2.03. The highest BCUT2D eigenvalue weighted by molar-refractivity contribution is 5.98. The van der Waals surface area contributed by atoms with Gasteiger partial charge in [-0.2, -0.15) is 0 Å². The van der Waals surface area contributed by atoms with Crippen LogP contribution < -0.4 is 0 Å². The Bertz CT molecular complexity index is 429. The molecular weight excluding hydrogens is 208 g/mol. The van der Waals surface area contributed by atoms with Gasteiger partial charge in [0, 0.05) is 12.0 Å². The molecule has 1 aromatic rings. The minimum atomic E-state index is 0.326. The SMILES string of the molecule is CC(C)c1ccc2c(c1)C(C(C)C)CCC2=O. The van der Waals surface area contributed by atoms with Crippen molar-refractivity contribution in [1.29, 1.82) is 0 Å². The third-order valence-corrected chi connectivity index (χ3v) is 3.93. The summed E-state index contributed by atoms with van der Waals surface area (Å²) >= 11 is 0. The van der Waals surface area contributed by atoms with Gasteiger partial charge >= 0.3 is 0 Å². The Hall–Kier alpha value is -1.11. The van der Waals surface area contributed by atoms with Crippen LogP contribution in [-0.2, 0) is 0 Å². The van der Waals surface area contributed by atoms with Crippen LogP contribution in [0.3, 0.4) is 0 Å². The summed E-state index contributed by atoms with van der Waals surface area (Å²) in [6.07, 6.45) is 1.74. The topological polar surface area (TPSA) is 17.1 Å². The van der Waals surface area contributed by atoms with Crippen LogP contribution in [0.25, 0.3) is 0 Å². The zero-order chi connectivity index (χ0) is 12.6. The lowest BCUT2D eigenvalue weighted by Crippen LogP contribution is -2.19. The maximum atomic E-state index is 11.9. The van der Waals surface area contributed by atoms with E-state index >= 15 is 0 Å². The molecule has 1 aliphatic rings. The maximum Gasteiger partial charge on any atom is 0.163 e. The Morgan fingerprint density at radius 2 is 1.88 bits per heavy atom. The summed E-state index contributed by atoms with van der Waals surface area (Å²) in [6.45, 7) is 8.92. The monoisotopic (exact) mass is 230 g/mol. The summed E-state index contributed by atoms with van der Waals surface area (Å²) in [5.41, 5.74) is 3.62. The summed E-state index contributed by atoms with van der Waals surface area (Å²) in [7, 11) is 0. The number of carbonyl (C=O) groups excluding carboxylic acids is 1. The number of benzene rings is 1. The first-order chi connectivity index (χ1) is 8.00. The minimum Gasteiger partial charge on any atom is -0.294 e. The molecule has 0 N–H and O–H groups in total. The summed E-state index contributed by atoms with van der Waals surface area (Å²) in [6, 6.07) is 6.42. The van der Waals surface area contributed by atoms with Gasteiger partial charge in [0.05, 0.1) is 0 Å². The summed E-state index contributed by atoms with van der Waals surface area (Å²) in [5, 5.41) is 0. The van der Waals surface area contributed by atoms with Crippen LogP contribution in [0.2, 0.25) is 0 Å². The van der Waals surface area contributed by atoms with Gasteiger partial charge in [0.2, 0.25) is 0 Å². The molecule has 0 aromatic heterocycles. The van der Waals surface area contributed by atoms with E-state index in [4.69, 9.17) is 0 Å². The molecule has 1 atom stereocenters. The van der Waals surface area contributed by atoms with Crippen molar-refractivity contribution in [1.82, 2.24) is 0 Å². The highest BCUT2D eigenvalue weighted by Gasteiger charge is 2.27. The Morgan fingerprint density at radius 1 is 1.18 bits per heavy atom. The predicted octanol–water partition coefficient (Wildman–Crippen LogP) is 4.53. The fourth-order valence-electron chi connectivity index (χ4n) is 2.77. The first kappa shape index (κ1) is 12.3. The van der Waals surface area contributed by atoms with Crippen molar-refractivity contribution < 1.29 is 4.79 Å². The van der Waals surface area contributed by atoms with Crippen molar-refractivity contribution in [2.75, 3.05) is 0 Å². The average molecular weight is 230 g/mol. The Balaban J connectivity index is 2.50. The third-order valence-electron chi connectivity index (χ3n) is 3.93. The van der Waals surface area contributed by atoms with Crippen LogP contribution in [0.4, 0.5) is 0 Å². The third kappa shape index (κ3) is 2.29. The fourth-order valence-corrected chi connectivity index (χ4v) is 2.77. The van der Waals surface area contributed by atoms with Crippen molar-refractivity contribution in [3.63, 3.8) is 0 Å². The van der Waals surface area contributed by atoms with Crippen molar-refractivity contribution >= 4 is 5.78 Å². The molecule has 0 heterocycles. The number of fused-ring (bicyclic) bond motifs is 1. The number of hydrogen-bond acceptors (Lipinski definition) is 1. The highest BCUT2D eigenvalue weighted by Crippen LogP contribution is 2.37. The Kier molecular flexibility index (Phi) is 3.37. The van der Waals surface area contributed by atoms with Crippen LogP contribution in [0.1, 0.15) is 73.9 Å². The van der Waals surface area contributed by atoms with Gasteiger partial charge in [-0.1, -0.05) is 45.9 Å². The van der Waals surface area contributed by atoms with E-state index in [2.05, 4.69) is 39.8 Å². The minimum absolute atomic E-state index is 0.326. The van der Waals surface area contributed by atoms with Gasteiger partial charge in [0.25, 0.3) is 0 Å². The van der Waals surface area contributed by atoms with Crippen molar-refractivity contribution in [2.45, 2.75) is 52.4 Å². The van der Waals surface area contributed by atoms with Gasteiger partial charge in [0.15, 0.2) is 5.78 Å². The number of rotatable bonds is 2. The van der Waals surface area contributed by atoms with Crippen molar-refractivity contribution in [2.24, 2.45) is 5.92 Å². The average Bonchev–Trinajstić information content (AvgIpc) is 2.28. The standard InChI is InChI=1S/C16H22O/c1-10(2)12-5-6-14-15(9-12)13(11(3)4)7-8-16(14)17/h5-6,9-11,13H,7-8H2,1-4H3. The Morgan fingerprint density at radius 3 is 2.47 bits per heavy atom. The molecular formula is C16H22O. The summed E-state index contributed by atoms with van der Waals surface area (Å²) < 4.78 is 0. The van der Waals surface area contributed by atoms with Crippen LogP contribution in [-0.4, -0.2) is 5.78 Å². The van der Waals surface area contributed by atoms with E-state index in [0.29, 0.717) is 23.5 Å². The van der Waals surface area contributed by atoms with Crippen LogP contribution in [0.5, 0.6) is 0 Å². The maximum absolute atomic E-state index is 11.9. The van der Waals surface area contributed by atoms with E-state index < -0.39 is 0 Å². The Labute approximate surface area is 104 Å². The van der Waals surface area contributed by atoms with E-state index in [1.807, 2.05) is 6.07 Å².